The van der Waals surface area contributed by atoms with Gasteiger partial charge < -0.3 is 4.74 Å². The summed E-state index contributed by atoms with van der Waals surface area (Å²) in [4.78, 5) is 9.01. The van der Waals surface area contributed by atoms with E-state index in [9.17, 15) is 0 Å². The van der Waals surface area contributed by atoms with Crippen molar-refractivity contribution in [2.75, 3.05) is 33.3 Å². The van der Waals surface area contributed by atoms with Crippen LogP contribution in [0, 0.1) is 11.3 Å². The maximum Gasteiger partial charge on any atom is 0.213 e. The summed E-state index contributed by atoms with van der Waals surface area (Å²) in [7, 11) is 1.63. The Morgan fingerprint density at radius 3 is 2.74 bits per heavy atom. The summed E-state index contributed by atoms with van der Waals surface area (Å²) < 4.78 is 5.13. The third-order valence-electron chi connectivity index (χ3n) is 3.52. The van der Waals surface area contributed by atoms with Crippen molar-refractivity contribution in [3.8, 4) is 11.9 Å². The predicted molar refractivity (Wildman–Crippen MR) is 72.7 cm³/mol. The lowest BCUT2D eigenvalue weighted by Crippen LogP contribution is -2.48. The first-order valence-corrected chi connectivity index (χ1v) is 6.59. The van der Waals surface area contributed by atoms with Crippen LogP contribution in [0.4, 0.5) is 0 Å². The lowest BCUT2D eigenvalue weighted by Gasteiger charge is -2.35. The normalized spacial score (nSPS) is 18.8. The van der Waals surface area contributed by atoms with Gasteiger partial charge in [-0.15, -0.1) is 0 Å². The summed E-state index contributed by atoms with van der Waals surface area (Å²) in [6.07, 6.45) is 0. The smallest absolute Gasteiger partial charge is 0.213 e. The molecular weight excluding hydrogens is 240 g/mol. The molecule has 0 bridgehead atoms. The number of rotatable bonds is 4. The Hall–Kier alpha value is -1.64. The topological polar surface area (TPSA) is 52.4 Å². The minimum atomic E-state index is 0.0112. The van der Waals surface area contributed by atoms with E-state index in [4.69, 9.17) is 10.00 Å². The van der Waals surface area contributed by atoms with Crippen LogP contribution in [-0.2, 0) is 6.54 Å². The Kier molecular flexibility index (Phi) is 4.72. The minimum absolute atomic E-state index is 0.0112. The van der Waals surface area contributed by atoms with Crippen molar-refractivity contribution in [3.63, 3.8) is 0 Å². The van der Waals surface area contributed by atoms with E-state index >= 15 is 0 Å². The summed E-state index contributed by atoms with van der Waals surface area (Å²) >= 11 is 0. The minimum Gasteiger partial charge on any atom is -0.481 e. The van der Waals surface area contributed by atoms with Crippen molar-refractivity contribution in [2.45, 2.75) is 19.5 Å². The number of aromatic nitrogens is 1. The van der Waals surface area contributed by atoms with Gasteiger partial charge in [0.1, 0.15) is 0 Å². The highest BCUT2D eigenvalue weighted by Crippen LogP contribution is 2.11. The van der Waals surface area contributed by atoms with Gasteiger partial charge in [0.25, 0.3) is 0 Å². The predicted octanol–water partition coefficient (Wildman–Crippen LogP) is 1.12. The van der Waals surface area contributed by atoms with Crippen molar-refractivity contribution in [1.29, 1.82) is 5.26 Å². The van der Waals surface area contributed by atoms with E-state index in [0.29, 0.717) is 5.88 Å². The van der Waals surface area contributed by atoms with Crippen molar-refractivity contribution in [2.24, 2.45) is 0 Å². The molecule has 0 aromatic carbocycles. The van der Waals surface area contributed by atoms with Gasteiger partial charge in [-0.3, -0.25) is 9.80 Å². The second-order valence-electron chi connectivity index (χ2n) is 4.79. The van der Waals surface area contributed by atoms with Crippen LogP contribution in [-0.4, -0.2) is 54.1 Å². The largest absolute Gasteiger partial charge is 0.481 e. The van der Waals surface area contributed by atoms with Gasteiger partial charge in [-0.25, -0.2) is 4.98 Å². The molecule has 1 aliphatic rings. The molecular formula is C14H20N4O. The van der Waals surface area contributed by atoms with E-state index in [1.807, 2.05) is 25.1 Å². The highest BCUT2D eigenvalue weighted by Gasteiger charge is 2.20. The molecule has 0 N–H and O–H groups in total. The van der Waals surface area contributed by atoms with E-state index in [2.05, 4.69) is 20.9 Å². The van der Waals surface area contributed by atoms with Crippen LogP contribution >= 0.6 is 0 Å². The van der Waals surface area contributed by atoms with Gasteiger partial charge in [-0.05, 0) is 13.0 Å². The Morgan fingerprint density at radius 2 is 2.11 bits per heavy atom. The molecule has 0 aliphatic carbocycles. The van der Waals surface area contributed by atoms with Crippen LogP contribution in [0.5, 0.6) is 5.88 Å². The van der Waals surface area contributed by atoms with Gasteiger partial charge in [-0.1, -0.05) is 6.07 Å². The van der Waals surface area contributed by atoms with E-state index in [0.717, 1.165) is 38.4 Å². The molecule has 1 aliphatic heterocycles. The number of hydrogen-bond acceptors (Lipinski definition) is 5. The van der Waals surface area contributed by atoms with E-state index < -0.39 is 0 Å². The van der Waals surface area contributed by atoms with Crippen molar-refractivity contribution >= 4 is 0 Å². The molecule has 0 amide bonds. The van der Waals surface area contributed by atoms with Crippen LogP contribution in [0.1, 0.15) is 12.6 Å². The number of nitrogens with zero attached hydrogens (tertiary/aromatic N) is 4. The molecule has 0 spiro atoms. The van der Waals surface area contributed by atoms with Gasteiger partial charge in [0, 0.05) is 38.8 Å². The zero-order chi connectivity index (χ0) is 13.7. The van der Waals surface area contributed by atoms with E-state index in [1.54, 1.807) is 7.11 Å². The maximum atomic E-state index is 8.92. The third-order valence-corrected chi connectivity index (χ3v) is 3.52. The van der Waals surface area contributed by atoms with Crippen molar-refractivity contribution in [3.05, 3.63) is 23.9 Å². The van der Waals surface area contributed by atoms with E-state index in [1.165, 1.54) is 0 Å². The monoisotopic (exact) mass is 260 g/mol. The molecule has 1 atom stereocenters. The Bertz CT molecular complexity index is 449. The zero-order valence-electron chi connectivity index (χ0n) is 11.5. The molecule has 2 rings (SSSR count). The zero-order valence-corrected chi connectivity index (χ0v) is 11.5. The SMILES string of the molecule is COc1cccc(CN2CCN(C(C)C#N)CC2)n1. The summed E-state index contributed by atoms with van der Waals surface area (Å²) in [6, 6.07) is 8.15. The Balaban J connectivity index is 1.87. The number of piperazine rings is 1. The van der Waals surface area contributed by atoms with Gasteiger partial charge in [-0.2, -0.15) is 5.26 Å². The van der Waals surface area contributed by atoms with Crippen LogP contribution in [0.3, 0.4) is 0 Å². The third kappa shape index (κ3) is 3.66. The molecule has 1 aromatic heterocycles. The first kappa shape index (κ1) is 13.8. The lowest BCUT2D eigenvalue weighted by atomic mass is 10.2. The number of ether oxygens (including phenoxy) is 1. The molecule has 1 aromatic rings. The summed E-state index contributed by atoms with van der Waals surface area (Å²) in [6.45, 7) is 6.64. The molecule has 19 heavy (non-hydrogen) atoms. The molecule has 1 fully saturated rings. The Morgan fingerprint density at radius 1 is 1.37 bits per heavy atom. The molecule has 5 nitrogen and oxygen atoms in total. The van der Waals surface area contributed by atoms with E-state index in [-0.39, 0.29) is 6.04 Å². The number of pyridine rings is 1. The molecule has 1 unspecified atom stereocenters. The van der Waals surface area contributed by atoms with Gasteiger partial charge >= 0.3 is 0 Å². The summed E-state index contributed by atoms with van der Waals surface area (Å²) in [5.41, 5.74) is 1.03. The average Bonchev–Trinajstić information content (AvgIpc) is 2.47. The number of hydrogen-bond donors (Lipinski definition) is 0. The molecule has 1 saturated heterocycles. The Labute approximate surface area is 114 Å². The van der Waals surface area contributed by atoms with Gasteiger partial charge in [0.05, 0.1) is 24.9 Å². The van der Waals surface area contributed by atoms with Crippen LogP contribution in [0.2, 0.25) is 0 Å². The standard InChI is InChI=1S/C14H20N4O/c1-12(10-15)18-8-6-17(7-9-18)11-13-4-3-5-14(16-13)19-2/h3-5,12H,6-9,11H2,1-2H3. The van der Waals surface area contributed by atoms with Gasteiger partial charge in [0.2, 0.25) is 5.88 Å². The molecule has 2 heterocycles. The number of nitriles is 1. The first-order chi connectivity index (χ1) is 9.22. The van der Waals surface area contributed by atoms with Gasteiger partial charge in [0.15, 0.2) is 0 Å². The molecule has 0 radical (unpaired) electrons. The van der Waals surface area contributed by atoms with Crippen LogP contribution < -0.4 is 4.74 Å². The van der Waals surface area contributed by atoms with Crippen molar-refractivity contribution < 1.29 is 4.74 Å². The van der Waals surface area contributed by atoms with Crippen molar-refractivity contribution in [1.82, 2.24) is 14.8 Å². The second-order valence-corrected chi connectivity index (χ2v) is 4.79. The second kappa shape index (κ2) is 6.50. The highest BCUT2D eigenvalue weighted by molar-refractivity contribution is 5.15. The number of methoxy groups -OCH3 is 1. The molecule has 102 valence electrons. The summed E-state index contributed by atoms with van der Waals surface area (Å²) in [5.74, 6) is 0.661. The lowest BCUT2D eigenvalue weighted by molar-refractivity contribution is 0.113. The van der Waals surface area contributed by atoms with Crippen LogP contribution in [0.25, 0.3) is 0 Å². The van der Waals surface area contributed by atoms with Crippen LogP contribution in [0.15, 0.2) is 18.2 Å². The summed E-state index contributed by atoms with van der Waals surface area (Å²) in [5, 5.41) is 8.92. The fourth-order valence-corrected chi connectivity index (χ4v) is 2.28. The first-order valence-electron chi connectivity index (χ1n) is 6.59. The highest BCUT2D eigenvalue weighted by atomic mass is 16.5. The average molecular weight is 260 g/mol. The fraction of sp³-hybridized carbons (Fsp3) is 0.571. The maximum absolute atomic E-state index is 8.92. The molecule has 5 heteroatoms. The molecule has 0 saturated carbocycles. The quantitative estimate of drug-likeness (QED) is 0.812. The fourth-order valence-electron chi connectivity index (χ4n) is 2.28.